The fourth-order valence-electron chi connectivity index (χ4n) is 3.66. The van der Waals surface area contributed by atoms with Gasteiger partial charge >= 0.3 is 6.18 Å². The lowest BCUT2D eigenvalue weighted by molar-refractivity contribution is -0.0914. The maximum absolute atomic E-state index is 13.7. The molecule has 190 valence electrons. The summed E-state index contributed by atoms with van der Waals surface area (Å²) in [7, 11) is 0. The van der Waals surface area contributed by atoms with Crippen molar-refractivity contribution in [2.24, 2.45) is 10.7 Å². The van der Waals surface area contributed by atoms with Gasteiger partial charge in [0.2, 0.25) is 5.95 Å². The van der Waals surface area contributed by atoms with Crippen LogP contribution in [-0.2, 0) is 0 Å². The van der Waals surface area contributed by atoms with Gasteiger partial charge in [0.05, 0.1) is 11.9 Å². The van der Waals surface area contributed by atoms with E-state index in [1.807, 2.05) is 12.1 Å². The number of hydrogen-bond acceptors (Lipinski definition) is 7. The van der Waals surface area contributed by atoms with Gasteiger partial charge in [-0.05, 0) is 44.7 Å². The number of nitrogens with one attached hydrogen (secondary N) is 2. The highest BCUT2D eigenvalue weighted by atomic mass is 19.4. The van der Waals surface area contributed by atoms with Crippen molar-refractivity contribution < 1.29 is 17.6 Å². The lowest BCUT2D eigenvalue weighted by atomic mass is 9.92. The van der Waals surface area contributed by atoms with Crippen LogP contribution >= 0.6 is 0 Å². The number of halogens is 4. The molecule has 13 heteroatoms. The molecule has 0 atom stereocenters. The summed E-state index contributed by atoms with van der Waals surface area (Å²) in [5, 5.41) is 10.5. The molecule has 3 aromatic rings. The van der Waals surface area contributed by atoms with Crippen LogP contribution < -0.4 is 16.4 Å². The first-order chi connectivity index (χ1) is 17.1. The zero-order valence-corrected chi connectivity index (χ0v) is 19.4. The van der Waals surface area contributed by atoms with E-state index in [2.05, 4.69) is 42.3 Å². The molecule has 4 rings (SSSR count). The Morgan fingerprint density at radius 1 is 1.14 bits per heavy atom. The molecule has 3 aromatic heterocycles. The van der Waals surface area contributed by atoms with Crippen molar-refractivity contribution in [3.8, 4) is 11.3 Å². The van der Waals surface area contributed by atoms with Crippen molar-refractivity contribution in [3.63, 3.8) is 0 Å². The predicted octanol–water partition coefficient (Wildman–Crippen LogP) is 4.63. The largest absolute Gasteiger partial charge is 0.413 e. The van der Waals surface area contributed by atoms with Crippen LogP contribution in [0.3, 0.4) is 0 Å². The number of nitrogens with zero attached hydrogens (tertiary/aromatic N) is 6. The molecule has 0 radical (unpaired) electrons. The van der Waals surface area contributed by atoms with Crippen molar-refractivity contribution >= 4 is 23.2 Å². The highest BCUT2D eigenvalue weighted by Crippen LogP contribution is 2.25. The molecule has 9 nitrogen and oxygen atoms in total. The summed E-state index contributed by atoms with van der Waals surface area (Å²) < 4.78 is 53.3. The van der Waals surface area contributed by atoms with E-state index in [-0.39, 0.29) is 12.0 Å². The Bertz CT molecular complexity index is 1290. The Labute approximate surface area is 204 Å². The van der Waals surface area contributed by atoms with Gasteiger partial charge < -0.3 is 16.4 Å². The maximum atomic E-state index is 13.7. The van der Waals surface area contributed by atoms with E-state index in [1.165, 1.54) is 12.4 Å². The number of hydrogen-bond donors (Lipinski definition) is 3. The van der Waals surface area contributed by atoms with E-state index in [0.29, 0.717) is 35.0 Å². The lowest BCUT2D eigenvalue weighted by Gasteiger charge is -2.27. The minimum absolute atomic E-state index is 0.0750. The molecule has 0 unspecified atom stereocenters. The molecular formula is C23H25F4N9. The van der Waals surface area contributed by atoms with Gasteiger partial charge in [-0.1, -0.05) is 6.58 Å². The van der Waals surface area contributed by atoms with E-state index in [9.17, 15) is 17.6 Å². The van der Waals surface area contributed by atoms with Crippen LogP contribution in [0.4, 0.5) is 29.3 Å². The zero-order valence-electron chi connectivity index (χ0n) is 19.4. The molecule has 0 aliphatic heterocycles. The number of alkyl halides is 3. The number of amidine groups is 1. The molecule has 0 spiro atoms. The van der Waals surface area contributed by atoms with Crippen LogP contribution in [0.5, 0.6) is 0 Å². The van der Waals surface area contributed by atoms with Crippen molar-refractivity contribution in [1.29, 1.82) is 0 Å². The second-order valence-corrected chi connectivity index (χ2v) is 8.50. The summed E-state index contributed by atoms with van der Waals surface area (Å²) in [5.74, 6) is -0.984. The molecule has 1 fully saturated rings. The van der Waals surface area contributed by atoms with Crippen LogP contribution in [0, 0.1) is 0 Å². The van der Waals surface area contributed by atoms with Gasteiger partial charge in [-0.25, -0.2) is 28.9 Å². The van der Waals surface area contributed by atoms with Crippen LogP contribution in [0.2, 0.25) is 0 Å². The molecule has 0 saturated heterocycles. The normalized spacial score (nSPS) is 19.4. The van der Waals surface area contributed by atoms with Gasteiger partial charge in [0.25, 0.3) is 0 Å². The Kier molecular flexibility index (Phi) is 7.29. The molecule has 1 aliphatic rings. The number of aliphatic imine (C=N–C) groups is 1. The van der Waals surface area contributed by atoms with E-state index >= 15 is 0 Å². The van der Waals surface area contributed by atoms with Crippen molar-refractivity contribution in [2.75, 3.05) is 10.6 Å². The standard InChI is InChI=1S/C23H25F4N9/c1-13(23(25,26)27)9-30-21(14(2)24)34-22-31-10-15(11-32-22)18-12-29-20-8-7-19(35-36(18)20)33-17-5-3-16(28)4-6-17/h7-12,16-17H,2-6,28H2,1H3,(H,33,35)(H,30,31,32,34). The second-order valence-electron chi connectivity index (χ2n) is 8.50. The molecular weight excluding hydrogens is 478 g/mol. The fourth-order valence-corrected chi connectivity index (χ4v) is 3.66. The number of allylic oxidation sites excluding steroid dienone is 1. The average molecular weight is 504 g/mol. The maximum Gasteiger partial charge on any atom is 0.413 e. The summed E-state index contributed by atoms with van der Waals surface area (Å²) in [6, 6.07) is 4.26. The summed E-state index contributed by atoms with van der Waals surface area (Å²) in [6.45, 7) is 3.90. The quantitative estimate of drug-likeness (QED) is 0.255. The number of imidazole rings is 1. The number of aromatic nitrogens is 5. The average Bonchev–Trinajstić information content (AvgIpc) is 3.26. The van der Waals surface area contributed by atoms with Crippen molar-refractivity contribution in [2.45, 2.75) is 50.9 Å². The Hall–Kier alpha value is -3.87. The molecule has 1 aliphatic carbocycles. The topological polar surface area (TPSA) is 118 Å². The zero-order chi connectivity index (χ0) is 25.9. The number of fused-ring (bicyclic) bond motifs is 1. The molecule has 4 N–H and O–H groups in total. The highest BCUT2D eigenvalue weighted by molar-refractivity contribution is 6.05. The minimum atomic E-state index is -4.58. The molecule has 1 saturated carbocycles. The smallest absolute Gasteiger partial charge is 0.366 e. The van der Waals surface area contributed by atoms with Crippen LogP contribution in [0.15, 0.2) is 59.9 Å². The van der Waals surface area contributed by atoms with E-state index in [4.69, 9.17) is 5.73 Å². The van der Waals surface area contributed by atoms with Gasteiger partial charge in [0.15, 0.2) is 17.3 Å². The summed E-state index contributed by atoms with van der Waals surface area (Å²) in [4.78, 5) is 16.1. The first-order valence-electron chi connectivity index (χ1n) is 11.2. The van der Waals surface area contributed by atoms with Gasteiger partial charge in [0, 0.05) is 41.8 Å². The number of anilines is 2. The Morgan fingerprint density at radius 3 is 2.47 bits per heavy atom. The van der Waals surface area contributed by atoms with Gasteiger partial charge in [-0.15, -0.1) is 5.10 Å². The Morgan fingerprint density at radius 2 is 1.83 bits per heavy atom. The van der Waals surface area contributed by atoms with Gasteiger partial charge in [-0.3, -0.25) is 0 Å². The first kappa shape index (κ1) is 25.2. The third-order valence-electron chi connectivity index (χ3n) is 5.76. The van der Waals surface area contributed by atoms with Gasteiger partial charge in [0.1, 0.15) is 5.82 Å². The van der Waals surface area contributed by atoms with E-state index < -0.39 is 23.4 Å². The molecule has 36 heavy (non-hydrogen) atoms. The summed E-state index contributed by atoms with van der Waals surface area (Å²) >= 11 is 0. The monoisotopic (exact) mass is 503 g/mol. The summed E-state index contributed by atoms with van der Waals surface area (Å²) in [6.07, 6.45) is 4.34. The predicted molar refractivity (Wildman–Crippen MR) is 129 cm³/mol. The minimum Gasteiger partial charge on any atom is -0.366 e. The molecule has 0 bridgehead atoms. The molecule has 0 amide bonds. The number of nitrogens with two attached hydrogens (primary N) is 1. The number of rotatable bonds is 6. The van der Waals surface area contributed by atoms with Gasteiger partial charge in [-0.2, -0.15) is 13.2 Å². The van der Waals surface area contributed by atoms with Crippen LogP contribution in [0.1, 0.15) is 32.6 Å². The lowest BCUT2D eigenvalue weighted by Crippen LogP contribution is -2.33. The summed E-state index contributed by atoms with van der Waals surface area (Å²) in [5.41, 5.74) is 6.81. The van der Waals surface area contributed by atoms with E-state index in [1.54, 1.807) is 10.7 Å². The van der Waals surface area contributed by atoms with Crippen LogP contribution in [-0.4, -0.2) is 48.7 Å². The third kappa shape index (κ3) is 6.03. The SMILES string of the molecule is C=C(F)C(=NC=C(C)C(F)(F)F)Nc1ncc(-c2cnc3ccc(NC4CCC(N)CC4)nn23)cn1. The second kappa shape index (κ2) is 10.4. The first-order valence-corrected chi connectivity index (χ1v) is 11.2. The van der Waals surface area contributed by atoms with Crippen LogP contribution in [0.25, 0.3) is 16.9 Å². The van der Waals surface area contributed by atoms with Crippen molar-refractivity contribution in [3.05, 3.63) is 54.9 Å². The third-order valence-corrected chi connectivity index (χ3v) is 5.76. The molecule has 0 aromatic carbocycles. The molecule has 3 heterocycles. The fraction of sp³-hybridized carbons (Fsp3) is 0.348. The van der Waals surface area contributed by atoms with Crippen molar-refractivity contribution in [1.82, 2.24) is 24.6 Å². The van der Waals surface area contributed by atoms with E-state index in [0.717, 1.165) is 32.6 Å². The highest BCUT2D eigenvalue weighted by Gasteiger charge is 2.30. The Balaban J connectivity index is 1.52.